The molecule has 0 aliphatic carbocycles. The Morgan fingerprint density at radius 3 is 2.66 bits per heavy atom. The Balaban J connectivity index is 1.74. The number of carbonyl (C=O) groups excluding carboxylic acids is 2. The molecule has 0 amide bonds. The molecule has 7 nitrogen and oxygen atoms in total. The van der Waals surface area contributed by atoms with Gasteiger partial charge < -0.3 is 18.5 Å². The zero-order chi connectivity index (χ0) is 21.1. The molecule has 0 radical (unpaired) electrons. The van der Waals surface area contributed by atoms with Gasteiger partial charge in [0.1, 0.15) is 5.58 Å². The topological polar surface area (TPSA) is 87.7 Å². The molecule has 0 unspecified atom stereocenters. The molecule has 0 aliphatic heterocycles. The average molecular weight is 418 g/mol. The largest absolute Gasteiger partial charge is 0.451 e. The fourth-order valence-corrected chi connectivity index (χ4v) is 3.29. The summed E-state index contributed by atoms with van der Waals surface area (Å²) >= 11 is 5.87. The van der Waals surface area contributed by atoms with Crippen LogP contribution in [0.2, 0.25) is 5.02 Å². The fourth-order valence-electron chi connectivity index (χ4n) is 3.12. The molecular weight excluding hydrogens is 398 g/mol. The minimum absolute atomic E-state index is 0.210. The monoisotopic (exact) mass is 417 g/mol. The smallest absolute Gasteiger partial charge is 0.374 e. The van der Waals surface area contributed by atoms with Gasteiger partial charge in [0.15, 0.2) is 12.0 Å². The number of hydrogen-bond acceptors (Lipinski definition) is 6. The van der Waals surface area contributed by atoms with E-state index in [9.17, 15) is 14.4 Å². The Hall–Kier alpha value is -2.90. The minimum atomic E-state index is -0.888. The Morgan fingerprint density at radius 2 is 1.93 bits per heavy atom. The maximum absolute atomic E-state index is 12.5. The lowest BCUT2D eigenvalue weighted by Gasteiger charge is -2.09. The SMILES string of the molecule is COCCn1c(C)cc(C(=O)COC(=O)c2cc(=O)c3cc(Cl)ccc3o2)c1C. The van der Waals surface area contributed by atoms with E-state index in [0.29, 0.717) is 23.7 Å². The Morgan fingerprint density at radius 1 is 1.17 bits per heavy atom. The zero-order valence-corrected chi connectivity index (χ0v) is 17.0. The Bertz CT molecular complexity index is 1140. The molecule has 0 saturated carbocycles. The van der Waals surface area contributed by atoms with E-state index in [1.54, 1.807) is 19.2 Å². The second kappa shape index (κ2) is 8.63. The van der Waals surface area contributed by atoms with E-state index in [4.69, 9.17) is 25.5 Å². The summed E-state index contributed by atoms with van der Waals surface area (Å²) in [6.45, 7) is 4.39. The fraction of sp³-hybridized carbons (Fsp3) is 0.286. The number of halogens is 1. The maximum Gasteiger partial charge on any atom is 0.374 e. The van der Waals surface area contributed by atoms with E-state index < -0.39 is 18.0 Å². The molecule has 0 atom stereocenters. The third kappa shape index (κ3) is 4.41. The van der Waals surface area contributed by atoms with Gasteiger partial charge in [-0.1, -0.05) is 11.6 Å². The predicted octanol–water partition coefficient (Wildman–Crippen LogP) is 3.55. The van der Waals surface area contributed by atoms with Crippen molar-refractivity contribution in [2.45, 2.75) is 20.4 Å². The molecule has 2 aromatic heterocycles. The van der Waals surface area contributed by atoms with Gasteiger partial charge in [-0.3, -0.25) is 9.59 Å². The summed E-state index contributed by atoms with van der Waals surface area (Å²) in [6.07, 6.45) is 0. The van der Waals surface area contributed by atoms with Crippen LogP contribution in [0.1, 0.15) is 32.3 Å². The molecule has 0 aliphatic rings. The van der Waals surface area contributed by atoms with E-state index in [-0.39, 0.29) is 22.5 Å². The quantitative estimate of drug-likeness (QED) is 0.431. The number of methoxy groups -OCH3 is 1. The van der Waals surface area contributed by atoms with Crippen LogP contribution in [0, 0.1) is 13.8 Å². The summed E-state index contributed by atoms with van der Waals surface area (Å²) in [5, 5.41) is 0.641. The maximum atomic E-state index is 12.5. The molecular formula is C21H20ClNO6. The first-order valence-electron chi connectivity index (χ1n) is 8.91. The van der Waals surface area contributed by atoms with E-state index in [1.807, 2.05) is 18.4 Å². The first-order chi connectivity index (χ1) is 13.8. The highest BCUT2D eigenvalue weighted by atomic mass is 35.5. The van der Waals surface area contributed by atoms with Crippen LogP contribution in [-0.4, -0.2) is 36.6 Å². The van der Waals surface area contributed by atoms with Crippen LogP contribution in [0.3, 0.4) is 0 Å². The Kier molecular flexibility index (Phi) is 6.20. The number of Topliss-reactive ketones (excluding diaryl/α,β-unsaturated/α-hetero) is 1. The summed E-state index contributed by atoms with van der Waals surface area (Å²) in [5.41, 5.74) is 1.94. The highest BCUT2D eigenvalue weighted by Gasteiger charge is 2.19. The van der Waals surface area contributed by atoms with E-state index in [2.05, 4.69) is 0 Å². The van der Waals surface area contributed by atoms with Gasteiger partial charge in [0.2, 0.25) is 11.5 Å². The molecule has 2 heterocycles. The number of ketones is 1. The van der Waals surface area contributed by atoms with Gasteiger partial charge in [0.25, 0.3) is 0 Å². The summed E-state index contributed by atoms with van der Waals surface area (Å²) in [7, 11) is 1.61. The van der Waals surface area contributed by atoms with Crippen molar-refractivity contribution < 1.29 is 23.5 Å². The van der Waals surface area contributed by atoms with Gasteiger partial charge in [-0.05, 0) is 38.1 Å². The second-order valence-electron chi connectivity index (χ2n) is 6.54. The third-order valence-corrected chi connectivity index (χ3v) is 4.85. The summed E-state index contributed by atoms with van der Waals surface area (Å²) in [4.78, 5) is 37.0. The van der Waals surface area contributed by atoms with E-state index in [0.717, 1.165) is 17.5 Å². The third-order valence-electron chi connectivity index (χ3n) is 4.62. The number of nitrogens with zero attached hydrogens (tertiary/aromatic N) is 1. The molecule has 3 rings (SSSR count). The number of aromatic nitrogens is 1. The van der Waals surface area contributed by atoms with Crippen molar-refractivity contribution in [2.24, 2.45) is 0 Å². The molecule has 3 aromatic rings. The number of carbonyl (C=O) groups is 2. The lowest BCUT2D eigenvalue weighted by atomic mass is 10.1. The summed E-state index contributed by atoms with van der Waals surface area (Å²) in [5.74, 6) is -1.51. The molecule has 1 aromatic carbocycles. The van der Waals surface area contributed by atoms with Gasteiger partial charge >= 0.3 is 5.97 Å². The lowest BCUT2D eigenvalue weighted by molar-refractivity contribution is 0.0444. The van der Waals surface area contributed by atoms with Gasteiger partial charge in [0.05, 0.1) is 12.0 Å². The molecule has 0 bridgehead atoms. The number of aryl methyl sites for hydroxylation is 1. The van der Waals surface area contributed by atoms with E-state index in [1.165, 1.54) is 12.1 Å². The molecule has 0 saturated heterocycles. The van der Waals surface area contributed by atoms with Crippen molar-refractivity contribution in [1.29, 1.82) is 0 Å². The first kappa shape index (κ1) is 20.8. The van der Waals surface area contributed by atoms with Gasteiger partial charge in [-0.2, -0.15) is 0 Å². The minimum Gasteiger partial charge on any atom is -0.451 e. The van der Waals surface area contributed by atoms with Crippen molar-refractivity contribution in [3.63, 3.8) is 0 Å². The van der Waals surface area contributed by atoms with Crippen LogP contribution in [0.5, 0.6) is 0 Å². The van der Waals surface area contributed by atoms with Crippen molar-refractivity contribution in [1.82, 2.24) is 4.57 Å². The highest BCUT2D eigenvalue weighted by molar-refractivity contribution is 6.31. The number of rotatable bonds is 7. The van der Waals surface area contributed by atoms with Crippen molar-refractivity contribution in [2.75, 3.05) is 20.3 Å². The molecule has 29 heavy (non-hydrogen) atoms. The van der Waals surface area contributed by atoms with Crippen LogP contribution in [0.25, 0.3) is 11.0 Å². The van der Waals surface area contributed by atoms with Crippen LogP contribution in [-0.2, 0) is 16.0 Å². The first-order valence-corrected chi connectivity index (χ1v) is 9.29. The van der Waals surface area contributed by atoms with E-state index >= 15 is 0 Å². The van der Waals surface area contributed by atoms with Crippen LogP contribution >= 0.6 is 11.6 Å². The van der Waals surface area contributed by atoms with Crippen molar-refractivity contribution in [3.8, 4) is 0 Å². The number of esters is 1. The number of fused-ring (bicyclic) bond motifs is 1. The Labute approximate surface area is 171 Å². The normalized spacial score (nSPS) is 11.0. The average Bonchev–Trinajstić information content (AvgIpc) is 2.98. The molecule has 152 valence electrons. The molecule has 8 heteroatoms. The van der Waals surface area contributed by atoms with Crippen molar-refractivity contribution >= 4 is 34.3 Å². The summed E-state index contributed by atoms with van der Waals surface area (Å²) < 4.78 is 17.5. The lowest BCUT2D eigenvalue weighted by Crippen LogP contribution is -2.16. The van der Waals surface area contributed by atoms with Gasteiger partial charge in [0, 0.05) is 41.7 Å². The summed E-state index contributed by atoms with van der Waals surface area (Å²) in [6, 6.07) is 7.28. The predicted molar refractivity (Wildman–Crippen MR) is 108 cm³/mol. The molecule has 0 fully saturated rings. The number of hydrogen-bond donors (Lipinski definition) is 0. The number of ether oxygens (including phenoxy) is 2. The second-order valence-corrected chi connectivity index (χ2v) is 6.98. The van der Waals surface area contributed by atoms with Gasteiger partial charge in [-0.15, -0.1) is 0 Å². The zero-order valence-electron chi connectivity index (χ0n) is 16.3. The molecule has 0 spiro atoms. The standard InChI is InChI=1S/C21H20ClNO6/c1-12-8-15(13(2)23(12)6-7-27-3)18(25)11-28-21(26)20-10-17(24)16-9-14(22)4-5-19(16)29-20/h4-5,8-10H,6-7,11H2,1-3H3. The van der Waals surface area contributed by atoms with Crippen LogP contribution in [0.15, 0.2) is 39.5 Å². The number of benzene rings is 1. The van der Waals surface area contributed by atoms with Crippen molar-refractivity contribution in [3.05, 3.63) is 68.3 Å². The van der Waals surface area contributed by atoms with Crippen LogP contribution in [0.4, 0.5) is 0 Å². The van der Waals surface area contributed by atoms with Crippen LogP contribution < -0.4 is 5.43 Å². The molecule has 0 N–H and O–H groups in total. The van der Waals surface area contributed by atoms with Gasteiger partial charge in [-0.25, -0.2) is 4.79 Å². The highest BCUT2D eigenvalue weighted by Crippen LogP contribution is 2.19.